The number of hydrogen-bond acceptors (Lipinski definition) is 4. The number of aryl methyl sites for hydroxylation is 1. The molecule has 0 bridgehead atoms. The molecular weight excluding hydrogens is 342 g/mol. The first kappa shape index (κ1) is 19.1. The van der Waals surface area contributed by atoms with Crippen LogP contribution in [0.3, 0.4) is 0 Å². The van der Waals surface area contributed by atoms with Crippen molar-refractivity contribution in [2.75, 3.05) is 6.54 Å². The molecule has 27 heavy (non-hydrogen) atoms. The van der Waals surface area contributed by atoms with E-state index in [1.165, 1.54) is 5.56 Å². The van der Waals surface area contributed by atoms with Gasteiger partial charge in [-0.15, -0.1) is 0 Å². The normalized spacial score (nSPS) is 20.0. The maximum Gasteiger partial charge on any atom is 0.276 e. The summed E-state index contributed by atoms with van der Waals surface area (Å²) in [6.07, 6.45) is 1.79. The van der Waals surface area contributed by atoms with E-state index in [-0.39, 0.29) is 23.6 Å². The molecule has 0 aliphatic carbocycles. The van der Waals surface area contributed by atoms with E-state index >= 15 is 0 Å². The number of piperazine rings is 1. The van der Waals surface area contributed by atoms with Crippen LogP contribution in [0.25, 0.3) is 11.3 Å². The van der Waals surface area contributed by atoms with Crippen molar-refractivity contribution >= 4 is 11.8 Å². The van der Waals surface area contributed by atoms with E-state index in [0.717, 1.165) is 18.4 Å². The zero-order chi connectivity index (χ0) is 19.6. The van der Waals surface area contributed by atoms with Gasteiger partial charge in [0.05, 0.1) is 0 Å². The minimum absolute atomic E-state index is 0.0365. The number of rotatable bonds is 5. The summed E-state index contributed by atoms with van der Waals surface area (Å²) in [5.74, 6) is 0.588. The highest BCUT2D eigenvalue weighted by atomic mass is 16.5. The number of aromatic nitrogens is 1. The Morgan fingerprint density at radius 3 is 2.67 bits per heavy atom. The molecule has 2 aromatic rings. The third-order valence-electron chi connectivity index (χ3n) is 5.00. The molecule has 1 aromatic heterocycles. The fraction of sp³-hybridized carbons (Fsp3) is 0.476. The first-order valence-electron chi connectivity index (χ1n) is 9.56. The zero-order valence-electron chi connectivity index (χ0n) is 16.4. The van der Waals surface area contributed by atoms with Crippen LogP contribution in [-0.4, -0.2) is 40.5 Å². The standard InChI is InChI=1S/C21H27N3O3/c1-5-15-6-8-16(9-7-15)19-11-18(23-27-19)21(26)24-12-17(10-13(2)3)22-20(25)14(24)4/h6-9,11,13-14,17H,5,10,12H2,1-4H3,(H,22,25). The van der Waals surface area contributed by atoms with Crippen LogP contribution in [0.15, 0.2) is 34.9 Å². The van der Waals surface area contributed by atoms with Gasteiger partial charge in [0.25, 0.3) is 5.91 Å². The maximum atomic E-state index is 13.0. The van der Waals surface area contributed by atoms with Crippen molar-refractivity contribution in [2.45, 2.75) is 52.6 Å². The average Bonchev–Trinajstić information content (AvgIpc) is 3.13. The lowest BCUT2D eigenvalue weighted by atomic mass is 9.99. The highest BCUT2D eigenvalue weighted by molar-refractivity contribution is 5.97. The monoisotopic (exact) mass is 369 g/mol. The molecular formula is C21H27N3O3. The molecule has 1 N–H and O–H groups in total. The van der Waals surface area contributed by atoms with E-state index in [1.807, 2.05) is 24.3 Å². The van der Waals surface area contributed by atoms with Crippen molar-refractivity contribution in [3.63, 3.8) is 0 Å². The molecule has 0 saturated carbocycles. The molecule has 1 aromatic carbocycles. The van der Waals surface area contributed by atoms with Gasteiger partial charge < -0.3 is 14.7 Å². The van der Waals surface area contributed by atoms with Crippen LogP contribution in [0.1, 0.15) is 50.2 Å². The Balaban J connectivity index is 1.78. The Hall–Kier alpha value is -2.63. The van der Waals surface area contributed by atoms with Crippen molar-refractivity contribution in [3.8, 4) is 11.3 Å². The van der Waals surface area contributed by atoms with Gasteiger partial charge in [-0.2, -0.15) is 0 Å². The van der Waals surface area contributed by atoms with Gasteiger partial charge in [-0.3, -0.25) is 9.59 Å². The molecule has 6 nitrogen and oxygen atoms in total. The largest absolute Gasteiger partial charge is 0.355 e. The number of carbonyl (C=O) groups is 2. The Labute approximate surface area is 159 Å². The first-order valence-corrected chi connectivity index (χ1v) is 9.56. The molecule has 0 spiro atoms. The van der Waals surface area contributed by atoms with Crippen molar-refractivity contribution in [2.24, 2.45) is 5.92 Å². The van der Waals surface area contributed by atoms with Crippen LogP contribution < -0.4 is 5.32 Å². The summed E-state index contributed by atoms with van der Waals surface area (Å²) in [6, 6.07) is 9.09. The second-order valence-corrected chi connectivity index (χ2v) is 7.60. The predicted octanol–water partition coefficient (Wildman–Crippen LogP) is 3.28. The summed E-state index contributed by atoms with van der Waals surface area (Å²) in [6.45, 7) is 8.53. The number of hydrogen-bond donors (Lipinski definition) is 1. The molecule has 1 saturated heterocycles. The van der Waals surface area contributed by atoms with E-state index in [0.29, 0.717) is 18.2 Å². The van der Waals surface area contributed by atoms with Crippen molar-refractivity contribution < 1.29 is 14.1 Å². The molecule has 1 aliphatic rings. The quantitative estimate of drug-likeness (QED) is 0.878. The summed E-state index contributed by atoms with van der Waals surface area (Å²) < 4.78 is 5.39. The van der Waals surface area contributed by atoms with E-state index in [2.05, 4.69) is 31.2 Å². The first-order chi connectivity index (χ1) is 12.9. The van der Waals surface area contributed by atoms with E-state index in [9.17, 15) is 9.59 Å². The maximum absolute atomic E-state index is 13.0. The molecule has 1 fully saturated rings. The average molecular weight is 369 g/mol. The molecule has 2 heterocycles. The molecule has 6 heteroatoms. The number of benzene rings is 1. The highest BCUT2D eigenvalue weighted by Crippen LogP contribution is 2.23. The van der Waals surface area contributed by atoms with Crippen LogP contribution >= 0.6 is 0 Å². The van der Waals surface area contributed by atoms with Gasteiger partial charge >= 0.3 is 0 Å². The lowest BCUT2D eigenvalue weighted by molar-refractivity contribution is -0.128. The topological polar surface area (TPSA) is 75.4 Å². The number of nitrogens with zero attached hydrogens (tertiary/aromatic N) is 2. The smallest absolute Gasteiger partial charge is 0.276 e. The predicted molar refractivity (Wildman–Crippen MR) is 103 cm³/mol. The van der Waals surface area contributed by atoms with E-state index in [4.69, 9.17) is 4.52 Å². The third kappa shape index (κ3) is 4.21. The summed E-state index contributed by atoms with van der Waals surface area (Å²) in [4.78, 5) is 26.8. The lowest BCUT2D eigenvalue weighted by Gasteiger charge is -2.38. The minimum atomic E-state index is -0.523. The van der Waals surface area contributed by atoms with Gasteiger partial charge in [0, 0.05) is 24.2 Å². The van der Waals surface area contributed by atoms with Crippen LogP contribution in [0, 0.1) is 5.92 Å². The Morgan fingerprint density at radius 1 is 1.33 bits per heavy atom. The van der Waals surface area contributed by atoms with Gasteiger partial charge in [0.2, 0.25) is 5.91 Å². The Morgan fingerprint density at radius 2 is 2.04 bits per heavy atom. The van der Waals surface area contributed by atoms with Gasteiger partial charge in [-0.25, -0.2) is 0 Å². The van der Waals surface area contributed by atoms with Crippen LogP contribution in [0.2, 0.25) is 0 Å². The molecule has 2 atom stereocenters. The molecule has 2 unspecified atom stereocenters. The second-order valence-electron chi connectivity index (χ2n) is 7.60. The molecule has 3 rings (SSSR count). The van der Waals surface area contributed by atoms with Crippen LogP contribution in [-0.2, 0) is 11.2 Å². The second kappa shape index (κ2) is 7.94. The van der Waals surface area contributed by atoms with Crippen molar-refractivity contribution in [3.05, 3.63) is 41.6 Å². The van der Waals surface area contributed by atoms with Crippen LogP contribution in [0.4, 0.5) is 0 Å². The SMILES string of the molecule is CCc1ccc(-c2cc(C(=O)N3CC(CC(C)C)NC(=O)C3C)no2)cc1. The van der Waals surface area contributed by atoms with Gasteiger partial charge in [0.15, 0.2) is 11.5 Å². The van der Waals surface area contributed by atoms with Crippen molar-refractivity contribution in [1.29, 1.82) is 0 Å². The fourth-order valence-corrected chi connectivity index (χ4v) is 3.43. The third-order valence-corrected chi connectivity index (χ3v) is 5.00. The van der Waals surface area contributed by atoms with Gasteiger partial charge in [-0.05, 0) is 31.2 Å². The molecule has 2 amide bonds. The molecule has 144 valence electrons. The summed E-state index contributed by atoms with van der Waals surface area (Å²) in [5, 5.41) is 6.96. The lowest BCUT2D eigenvalue weighted by Crippen LogP contribution is -2.60. The summed E-state index contributed by atoms with van der Waals surface area (Å²) in [7, 11) is 0. The highest BCUT2D eigenvalue weighted by Gasteiger charge is 2.36. The van der Waals surface area contributed by atoms with E-state index < -0.39 is 6.04 Å². The molecule has 1 aliphatic heterocycles. The number of carbonyl (C=O) groups excluding carboxylic acids is 2. The molecule has 0 radical (unpaired) electrons. The Bertz CT molecular complexity index is 810. The van der Waals surface area contributed by atoms with Gasteiger partial charge in [0.1, 0.15) is 6.04 Å². The zero-order valence-corrected chi connectivity index (χ0v) is 16.4. The van der Waals surface area contributed by atoms with Crippen molar-refractivity contribution in [1.82, 2.24) is 15.4 Å². The van der Waals surface area contributed by atoms with Crippen LogP contribution in [0.5, 0.6) is 0 Å². The summed E-state index contributed by atoms with van der Waals surface area (Å²) >= 11 is 0. The van der Waals surface area contributed by atoms with E-state index in [1.54, 1.807) is 17.9 Å². The Kier molecular flexibility index (Phi) is 5.63. The minimum Gasteiger partial charge on any atom is -0.355 e. The fourth-order valence-electron chi connectivity index (χ4n) is 3.43. The number of amides is 2. The summed E-state index contributed by atoms with van der Waals surface area (Å²) in [5.41, 5.74) is 2.34. The number of nitrogens with one attached hydrogen (secondary N) is 1. The van der Waals surface area contributed by atoms with Gasteiger partial charge in [-0.1, -0.05) is 50.2 Å².